The zero-order valence-electron chi connectivity index (χ0n) is 20.3. The second-order valence-electron chi connectivity index (χ2n) is 8.34. The molecule has 2 heterocycles. The van der Waals surface area contributed by atoms with Gasteiger partial charge >= 0.3 is 0 Å². The van der Waals surface area contributed by atoms with Gasteiger partial charge in [0.15, 0.2) is 5.65 Å². The summed E-state index contributed by atoms with van der Waals surface area (Å²) in [7, 11) is 3.24. The third kappa shape index (κ3) is 4.59. The predicted molar refractivity (Wildman–Crippen MR) is 133 cm³/mol. The zero-order chi connectivity index (χ0) is 24.2. The molecule has 0 aliphatic rings. The Morgan fingerprint density at radius 1 is 1.00 bits per heavy atom. The Morgan fingerprint density at radius 2 is 1.74 bits per heavy atom. The Bertz CT molecular complexity index is 1330. The molecule has 0 aliphatic carbocycles. The molecule has 0 saturated carbocycles. The van der Waals surface area contributed by atoms with Gasteiger partial charge in [0.05, 0.1) is 25.6 Å². The minimum Gasteiger partial charge on any atom is -0.496 e. The first kappa shape index (κ1) is 23.3. The molecule has 0 saturated heterocycles. The van der Waals surface area contributed by atoms with Gasteiger partial charge < -0.3 is 14.8 Å². The van der Waals surface area contributed by atoms with Crippen molar-refractivity contribution < 1.29 is 14.3 Å². The number of carbonyl (C=O) groups excluding carboxylic acids is 1. The quantitative estimate of drug-likeness (QED) is 0.417. The van der Waals surface area contributed by atoms with Gasteiger partial charge in [0, 0.05) is 29.5 Å². The molecule has 0 radical (unpaired) electrons. The zero-order valence-corrected chi connectivity index (χ0v) is 20.3. The van der Waals surface area contributed by atoms with Gasteiger partial charge in [0.2, 0.25) is 11.8 Å². The summed E-state index contributed by atoms with van der Waals surface area (Å²) in [6, 6.07) is 15.8. The molecule has 34 heavy (non-hydrogen) atoms. The van der Waals surface area contributed by atoms with E-state index in [1.807, 2.05) is 54.9 Å². The van der Waals surface area contributed by atoms with Crippen molar-refractivity contribution in [3.05, 3.63) is 76.5 Å². The van der Waals surface area contributed by atoms with E-state index in [4.69, 9.17) is 19.6 Å². The first-order chi connectivity index (χ1) is 16.4. The maximum Gasteiger partial charge on any atom is 0.220 e. The number of pyridine rings is 1. The molecule has 0 spiro atoms. The number of benzene rings is 2. The van der Waals surface area contributed by atoms with Gasteiger partial charge in [-0.05, 0) is 51.0 Å². The number of aromatic nitrogens is 3. The fraction of sp³-hybridized carbons (Fsp3) is 0.296. The number of methoxy groups -OCH3 is 2. The smallest absolute Gasteiger partial charge is 0.220 e. The molecule has 0 fully saturated rings. The van der Waals surface area contributed by atoms with Crippen LogP contribution in [-0.2, 0) is 17.8 Å². The Balaban J connectivity index is 1.57. The van der Waals surface area contributed by atoms with Crippen molar-refractivity contribution in [2.75, 3.05) is 14.2 Å². The number of rotatable bonds is 8. The van der Waals surface area contributed by atoms with Crippen molar-refractivity contribution in [2.24, 2.45) is 0 Å². The highest BCUT2D eigenvalue weighted by atomic mass is 16.5. The van der Waals surface area contributed by atoms with Crippen molar-refractivity contribution in [3.8, 4) is 17.3 Å². The van der Waals surface area contributed by atoms with Crippen LogP contribution in [0.2, 0.25) is 0 Å². The van der Waals surface area contributed by atoms with Crippen molar-refractivity contribution in [1.82, 2.24) is 20.1 Å². The van der Waals surface area contributed by atoms with Crippen molar-refractivity contribution in [3.63, 3.8) is 0 Å². The normalized spacial score (nSPS) is 11.0. The molecule has 2 aromatic carbocycles. The van der Waals surface area contributed by atoms with E-state index >= 15 is 0 Å². The first-order valence-corrected chi connectivity index (χ1v) is 11.3. The minimum atomic E-state index is -0.0421. The van der Waals surface area contributed by atoms with Crippen LogP contribution in [0.5, 0.6) is 11.6 Å². The van der Waals surface area contributed by atoms with E-state index in [-0.39, 0.29) is 5.91 Å². The molecular weight excluding hydrogens is 428 g/mol. The molecule has 2 aromatic heterocycles. The lowest BCUT2D eigenvalue weighted by molar-refractivity contribution is -0.121. The third-order valence-electron chi connectivity index (χ3n) is 6.07. The second-order valence-corrected chi connectivity index (χ2v) is 8.34. The molecule has 0 unspecified atom stereocenters. The van der Waals surface area contributed by atoms with Gasteiger partial charge in [0.1, 0.15) is 5.75 Å². The van der Waals surface area contributed by atoms with E-state index in [1.54, 1.807) is 14.2 Å². The summed E-state index contributed by atoms with van der Waals surface area (Å²) in [5.41, 5.74) is 6.68. The molecule has 4 aromatic rings. The van der Waals surface area contributed by atoms with E-state index in [9.17, 15) is 4.79 Å². The predicted octanol–water partition coefficient (Wildman–Crippen LogP) is 4.61. The van der Waals surface area contributed by atoms with E-state index in [0.717, 1.165) is 44.9 Å². The summed E-state index contributed by atoms with van der Waals surface area (Å²) in [5, 5.41) is 8.72. The van der Waals surface area contributed by atoms with Crippen LogP contribution in [0.3, 0.4) is 0 Å². The lowest BCUT2D eigenvalue weighted by Crippen LogP contribution is -2.23. The maximum atomic E-state index is 12.6. The molecule has 0 aliphatic heterocycles. The van der Waals surface area contributed by atoms with Gasteiger partial charge in [-0.1, -0.05) is 35.9 Å². The molecule has 0 bridgehead atoms. The number of fused-ring (bicyclic) bond motifs is 1. The summed E-state index contributed by atoms with van der Waals surface area (Å²) < 4.78 is 12.9. The number of aryl methyl sites for hydroxylation is 3. The first-order valence-electron chi connectivity index (χ1n) is 11.3. The topological polar surface area (TPSA) is 78.3 Å². The molecule has 1 N–H and O–H groups in total. The summed E-state index contributed by atoms with van der Waals surface area (Å²) in [6.45, 7) is 6.50. The maximum absolute atomic E-state index is 12.6. The van der Waals surface area contributed by atoms with Crippen LogP contribution in [0.25, 0.3) is 16.7 Å². The fourth-order valence-corrected chi connectivity index (χ4v) is 4.23. The van der Waals surface area contributed by atoms with Crippen LogP contribution in [0.4, 0.5) is 0 Å². The average molecular weight is 459 g/mol. The Hall–Kier alpha value is -3.87. The monoisotopic (exact) mass is 458 g/mol. The van der Waals surface area contributed by atoms with Crippen molar-refractivity contribution in [2.45, 2.75) is 40.2 Å². The van der Waals surface area contributed by atoms with Gasteiger partial charge in [-0.3, -0.25) is 4.79 Å². The number of para-hydroxylation sites is 1. The van der Waals surface area contributed by atoms with Gasteiger partial charge in [-0.2, -0.15) is 10.1 Å². The number of ether oxygens (including phenoxy) is 2. The van der Waals surface area contributed by atoms with Crippen LogP contribution in [-0.4, -0.2) is 34.9 Å². The van der Waals surface area contributed by atoms with E-state index < -0.39 is 0 Å². The van der Waals surface area contributed by atoms with E-state index in [2.05, 4.69) is 24.4 Å². The highest BCUT2D eigenvalue weighted by Crippen LogP contribution is 2.32. The molecule has 0 atom stereocenters. The summed E-state index contributed by atoms with van der Waals surface area (Å²) in [5.74, 6) is 1.24. The Labute approximate surface area is 199 Å². The summed E-state index contributed by atoms with van der Waals surface area (Å²) in [4.78, 5) is 17.4. The van der Waals surface area contributed by atoms with Crippen molar-refractivity contribution >= 4 is 16.9 Å². The fourth-order valence-electron chi connectivity index (χ4n) is 4.23. The highest BCUT2D eigenvalue weighted by Gasteiger charge is 2.20. The Kier molecular flexibility index (Phi) is 6.82. The highest BCUT2D eigenvalue weighted by molar-refractivity contribution is 5.86. The molecule has 7 nitrogen and oxygen atoms in total. The lowest BCUT2D eigenvalue weighted by atomic mass is 10.0. The third-order valence-corrected chi connectivity index (χ3v) is 6.07. The summed E-state index contributed by atoms with van der Waals surface area (Å²) in [6.07, 6.45) is 0.843. The molecular formula is C27H30N4O3. The van der Waals surface area contributed by atoms with E-state index in [1.165, 1.54) is 5.56 Å². The molecule has 4 rings (SSSR count). The minimum absolute atomic E-state index is 0.0421. The van der Waals surface area contributed by atoms with Crippen LogP contribution in [0, 0.1) is 20.8 Å². The number of nitrogens with one attached hydrogen (secondary N) is 1. The number of nitrogens with zero attached hydrogens (tertiary/aromatic N) is 3. The SMILES string of the molecule is COc1ccccc1CNC(=O)CCc1c(OC)nc2c(c(C)nn2-c2ccc(C)cc2)c1C. The number of carbonyl (C=O) groups is 1. The molecule has 176 valence electrons. The van der Waals surface area contributed by atoms with Crippen LogP contribution >= 0.6 is 0 Å². The molecule has 1 amide bonds. The van der Waals surface area contributed by atoms with Crippen LogP contribution in [0.1, 0.15) is 34.4 Å². The lowest BCUT2D eigenvalue weighted by Gasteiger charge is -2.13. The van der Waals surface area contributed by atoms with E-state index in [0.29, 0.717) is 25.3 Å². The largest absolute Gasteiger partial charge is 0.496 e. The average Bonchev–Trinajstić information content (AvgIpc) is 3.18. The van der Waals surface area contributed by atoms with Gasteiger partial charge in [0.25, 0.3) is 0 Å². The van der Waals surface area contributed by atoms with Crippen LogP contribution < -0.4 is 14.8 Å². The van der Waals surface area contributed by atoms with Crippen LogP contribution in [0.15, 0.2) is 48.5 Å². The van der Waals surface area contributed by atoms with Gasteiger partial charge in [-0.15, -0.1) is 0 Å². The van der Waals surface area contributed by atoms with Gasteiger partial charge in [-0.25, -0.2) is 4.68 Å². The van der Waals surface area contributed by atoms with Crippen molar-refractivity contribution in [1.29, 1.82) is 0 Å². The Morgan fingerprint density at radius 3 is 2.44 bits per heavy atom. The standard InChI is InChI=1S/C27H30N4O3/c1-17-10-12-21(13-11-17)31-26-25(19(3)30-31)18(2)22(27(29-26)34-5)14-15-24(32)28-16-20-8-6-7-9-23(20)33-4/h6-13H,14-16H2,1-5H3,(H,28,32). The summed E-state index contributed by atoms with van der Waals surface area (Å²) >= 11 is 0. The number of hydrogen-bond donors (Lipinski definition) is 1. The number of hydrogen-bond acceptors (Lipinski definition) is 5. The molecule has 7 heteroatoms. The number of amides is 1. The second kappa shape index (κ2) is 9.95.